The van der Waals surface area contributed by atoms with Gasteiger partial charge >= 0.3 is 7.12 Å². The second-order valence-corrected chi connectivity index (χ2v) is 11.3. The van der Waals surface area contributed by atoms with Crippen LogP contribution in [0.5, 0.6) is 0 Å². The summed E-state index contributed by atoms with van der Waals surface area (Å²) >= 11 is 0. The van der Waals surface area contributed by atoms with Gasteiger partial charge in [-0.1, -0.05) is 59.7 Å². The summed E-state index contributed by atoms with van der Waals surface area (Å²) in [5.41, 5.74) is 8.93. The molecule has 0 saturated carbocycles. The molecule has 4 aromatic rings. The normalized spacial score (nSPS) is 16.5. The topological polar surface area (TPSA) is 21.7 Å². The Bertz CT molecular complexity index is 1390. The zero-order chi connectivity index (χ0) is 25.8. The third-order valence-electron chi connectivity index (χ3n) is 7.82. The smallest absolute Gasteiger partial charge is 0.399 e. The molecule has 184 valence electrons. The van der Waals surface area contributed by atoms with Crippen LogP contribution >= 0.6 is 0 Å². The molecule has 1 aliphatic rings. The van der Waals surface area contributed by atoms with Gasteiger partial charge < -0.3 is 14.2 Å². The summed E-state index contributed by atoms with van der Waals surface area (Å²) in [6.45, 7) is 17.0. The maximum absolute atomic E-state index is 6.29. The summed E-state index contributed by atoms with van der Waals surface area (Å²) in [5, 5.41) is 2.36. The van der Waals surface area contributed by atoms with E-state index < -0.39 is 0 Å². The molecule has 4 heteroatoms. The number of rotatable bonds is 4. The minimum absolute atomic E-state index is 0.352. The van der Waals surface area contributed by atoms with Gasteiger partial charge in [-0.25, -0.2) is 0 Å². The van der Waals surface area contributed by atoms with Gasteiger partial charge in [0, 0.05) is 17.1 Å². The van der Waals surface area contributed by atoms with Crippen molar-refractivity contribution in [2.24, 2.45) is 0 Å². The third kappa shape index (κ3) is 4.34. The average Bonchev–Trinajstić information content (AvgIpc) is 3.03. The van der Waals surface area contributed by atoms with E-state index in [9.17, 15) is 0 Å². The molecule has 5 rings (SSSR count). The van der Waals surface area contributed by atoms with E-state index in [4.69, 9.17) is 9.31 Å². The van der Waals surface area contributed by atoms with Crippen LogP contribution in [0.15, 0.2) is 72.8 Å². The van der Waals surface area contributed by atoms with Gasteiger partial charge in [0.05, 0.1) is 11.2 Å². The van der Waals surface area contributed by atoms with Crippen molar-refractivity contribution in [3.63, 3.8) is 0 Å². The van der Waals surface area contributed by atoms with E-state index in [1.54, 1.807) is 0 Å². The fourth-order valence-corrected chi connectivity index (χ4v) is 5.04. The van der Waals surface area contributed by atoms with Crippen LogP contribution in [0.4, 0.5) is 17.1 Å². The molecular weight excluding hydrogens is 441 g/mol. The largest absolute Gasteiger partial charge is 0.494 e. The highest BCUT2D eigenvalue weighted by Crippen LogP contribution is 2.40. The Hall–Kier alpha value is -3.08. The molecule has 1 fully saturated rings. The fourth-order valence-electron chi connectivity index (χ4n) is 5.04. The maximum Gasteiger partial charge on any atom is 0.494 e. The van der Waals surface area contributed by atoms with Crippen LogP contribution in [0.3, 0.4) is 0 Å². The van der Waals surface area contributed by atoms with Crippen molar-refractivity contribution < 1.29 is 9.31 Å². The summed E-state index contributed by atoms with van der Waals surface area (Å²) in [6.07, 6.45) is 0. The zero-order valence-electron chi connectivity index (χ0n) is 22.8. The predicted octanol–water partition coefficient (Wildman–Crippen LogP) is 7.84. The van der Waals surface area contributed by atoms with E-state index >= 15 is 0 Å². The number of aryl methyl sites for hydroxylation is 4. The highest BCUT2D eigenvalue weighted by atomic mass is 16.7. The lowest BCUT2D eigenvalue weighted by molar-refractivity contribution is 0.00578. The Morgan fingerprint density at radius 2 is 1.08 bits per heavy atom. The molecule has 0 aliphatic carbocycles. The van der Waals surface area contributed by atoms with Crippen LogP contribution < -0.4 is 10.4 Å². The quantitative estimate of drug-likeness (QED) is 0.280. The lowest BCUT2D eigenvalue weighted by Gasteiger charge is -2.32. The van der Waals surface area contributed by atoms with Gasteiger partial charge in [0.1, 0.15) is 0 Å². The highest BCUT2D eigenvalue weighted by Gasteiger charge is 2.51. The molecule has 1 heterocycles. The van der Waals surface area contributed by atoms with Gasteiger partial charge in [-0.15, -0.1) is 0 Å². The molecule has 36 heavy (non-hydrogen) atoms. The Balaban J connectivity index is 1.58. The first kappa shape index (κ1) is 24.6. The predicted molar refractivity (Wildman–Crippen MR) is 153 cm³/mol. The first-order valence-electron chi connectivity index (χ1n) is 12.8. The lowest BCUT2D eigenvalue weighted by atomic mass is 9.78. The van der Waals surface area contributed by atoms with Crippen molar-refractivity contribution >= 4 is 40.4 Å². The van der Waals surface area contributed by atoms with Gasteiger partial charge in [-0.2, -0.15) is 0 Å². The Morgan fingerprint density at radius 3 is 1.61 bits per heavy atom. The van der Waals surface area contributed by atoms with Crippen LogP contribution in [-0.2, 0) is 9.31 Å². The molecule has 0 unspecified atom stereocenters. The lowest BCUT2D eigenvalue weighted by Crippen LogP contribution is -2.41. The molecule has 0 radical (unpaired) electrons. The monoisotopic (exact) mass is 477 g/mol. The van der Waals surface area contributed by atoms with E-state index in [0.29, 0.717) is 0 Å². The molecule has 0 aromatic heterocycles. The van der Waals surface area contributed by atoms with E-state index in [0.717, 1.165) is 11.2 Å². The van der Waals surface area contributed by atoms with Crippen molar-refractivity contribution in [3.05, 3.63) is 95.1 Å². The average molecular weight is 477 g/mol. The van der Waals surface area contributed by atoms with Gasteiger partial charge in [0.25, 0.3) is 0 Å². The van der Waals surface area contributed by atoms with Crippen molar-refractivity contribution in [2.75, 3.05) is 4.90 Å². The summed E-state index contributed by atoms with van der Waals surface area (Å²) < 4.78 is 12.6. The van der Waals surface area contributed by atoms with Crippen molar-refractivity contribution in [1.29, 1.82) is 0 Å². The van der Waals surface area contributed by atoms with Crippen LogP contribution in [0, 0.1) is 27.7 Å². The molecule has 3 nitrogen and oxygen atoms in total. The van der Waals surface area contributed by atoms with E-state index in [2.05, 4.69) is 133 Å². The Kier molecular flexibility index (Phi) is 6.01. The Morgan fingerprint density at radius 1 is 0.583 bits per heavy atom. The summed E-state index contributed by atoms with van der Waals surface area (Å²) in [7, 11) is -0.360. The molecular formula is C32H36BNO2. The molecule has 0 bridgehead atoms. The molecule has 1 aliphatic heterocycles. The second-order valence-electron chi connectivity index (χ2n) is 11.3. The molecule has 0 atom stereocenters. The van der Waals surface area contributed by atoms with E-state index in [1.165, 1.54) is 44.4 Å². The molecule has 1 saturated heterocycles. The molecule has 0 N–H and O–H groups in total. The van der Waals surface area contributed by atoms with Gasteiger partial charge in [-0.3, -0.25) is 0 Å². The van der Waals surface area contributed by atoms with Crippen LogP contribution in [-0.4, -0.2) is 18.3 Å². The summed E-state index contributed by atoms with van der Waals surface area (Å²) in [4.78, 5) is 2.38. The second kappa shape index (κ2) is 8.79. The minimum Gasteiger partial charge on any atom is -0.399 e. The summed E-state index contributed by atoms with van der Waals surface area (Å²) in [5.74, 6) is 0. The van der Waals surface area contributed by atoms with Gasteiger partial charge in [-0.05, 0) is 107 Å². The third-order valence-corrected chi connectivity index (χ3v) is 7.82. The van der Waals surface area contributed by atoms with Gasteiger partial charge in [0.2, 0.25) is 0 Å². The standard InChI is InChI=1S/C32H36BNO2/c1-21-9-15-29(23(3)17-21)34(30-16-10-22(2)18-24(30)4)28-14-12-25-19-27(13-11-26(25)20-28)33-35-31(5,6)32(7,8)36-33/h9-20H,1-8H3. The first-order valence-corrected chi connectivity index (χ1v) is 12.8. The van der Waals surface area contributed by atoms with Crippen LogP contribution in [0.1, 0.15) is 49.9 Å². The first-order chi connectivity index (χ1) is 16.9. The number of hydrogen-bond acceptors (Lipinski definition) is 3. The van der Waals surface area contributed by atoms with Crippen LogP contribution in [0.25, 0.3) is 10.8 Å². The van der Waals surface area contributed by atoms with E-state index in [1.807, 2.05) is 0 Å². The molecule has 0 amide bonds. The minimum atomic E-state index is -0.360. The molecule has 0 spiro atoms. The number of anilines is 3. The van der Waals surface area contributed by atoms with Crippen LogP contribution in [0.2, 0.25) is 0 Å². The number of fused-ring (bicyclic) bond motifs is 1. The van der Waals surface area contributed by atoms with Crippen molar-refractivity contribution in [1.82, 2.24) is 0 Å². The van der Waals surface area contributed by atoms with E-state index in [-0.39, 0.29) is 18.3 Å². The van der Waals surface area contributed by atoms with Crippen molar-refractivity contribution in [3.8, 4) is 0 Å². The SMILES string of the molecule is Cc1ccc(N(c2ccc3cc(B4OC(C)(C)C(C)(C)O4)ccc3c2)c2ccc(C)cc2C)c(C)c1. The van der Waals surface area contributed by atoms with Crippen molar-refractivity contribution in [2.45, 2.75) is 66.6 Å². The fraction of sp³-hybridized carbons (Fsp3) is 0.312. The number of nitrogens with zero attached hydrogens (tertiary/aromatic N) is 1. The maximum atomic E-state index is 6.29. The highest BCUT2D eigenvalue weighted by molar-refractivity contribution is 6.62. The summed E-state index contributed by atoms with van der Waals surface area (Å²) in [6, 6.07) is 26.6. The Labute approximate surface area is 216 Å². The number of hydrogen-bond donors (Lipinski definition) is 0. The zero-order valence-corrected chi connectivity index (χ0v) is 22.8. The number of benzene rings is 4. The van der Waals surface area contributed by atoms with Gasteiger partial charge in [0.15, 0.2) is 0 Å². The molecule has 4 aromatic carbocycles.